The van der Waals surface area contributed by atoms with Gasteiger partial charge in [-0.25, -0.2) is 0 Å². The summed E-state index contributed by atoms with van der Waals surface area (Å²) in [6.45, 7) is 5.74. The highest BCUT2D eigenvalue weighted by Crippen LogP contribution is 2.19. The van der Waals surface area contributed by atoms with E-state index in [0.29, 0.717) is 21.5 Å². The lowest BCUT2D eigenvalue weighted by Gasteiger charge is -1.98. The molecule has 0 aliphatic rings. The number of carbonyl (C=O) groups excluding carboxylic acids is 1. The van der Waals surface area contributed by atoms with Crippen LogP contribution in [0.2, 0.25) is 0 Å². The molecule has 0 unspecified atom stereocenters. The largest absolute Gasteiger partial charge is 0.360 e. The summed E-state index contributed by atoms with van der Waals surface area (Å²) in [6, 6.07) is 1.64. The van der Waals surface area contributed by atoms with E-state index in [1.54, 1.807) is 17.5 Å². The van der Waals surface area contributed by atoms with Crippen molar-refractivity contribution < 1.29 is 9.32 Å². The molecule has 0 fully saturated rings. The van der Waals surface area contributed by atoms with Crippen LogP contribution < -0.4 is 5.32 Å². The summed E-state index contributed by atoms with van der Waals surface area (Å²) < 4.78 is 6.48. The predicted octanol–water partition coefficient (Wildman–Crippen LogP) is 1.86. The Labute approximate surface area is 117 Å². The average molecular weight is 292 g/mol. The van der Waals surface area contributed by atoms with Gasteiger partial charge < -0.3 is 9.84 Å². The van der Waals surface area contributed by atoms with Crippen molar-refractivity contribution in [2.24, 2.45) is 0 Å². The first-order valence-electron chi connectivity index (χ1n) is 6.01. The van der Waals surface area contributed by atoms with Crippen LogP contribution in [-0.4, -0.2) is 30.9 Å². The van der Waals surface area contributed by atoms with Crippen LogP contribution in [0, 0.1) is 6.92 Å². The van der Waals surface area contributed by atoms with Gasteiger partial charge in [-0.3, -0.25) is 4.79 Å². The van der Waals surface area contributed by atoms with Gasteiger partial charge in [0.1, 0.15) is 5.76 Å². The third-order valence-corrected chi connectivity index (χ3v) is 3.49. The topological polar surface area (TPSA) is 98.2 Å². The fourth-order valence-electron chi connectivity index (χ4n) is 1.68. The highest BCUT2D eigenvalue weighted by molar-refractivity contribution is 7.18. The van der Waals surface area contributed by atoms with E-state index in [1.807, 2.05) is 13.8 Å². The van der Waals surface area contributed by atoms with Crippen LogP contribution in [0.1, 0.15) is 41.2 Å². The van der Waals surface area contributed by atoms with E-state index in [9.17, 15) is 4.79 Å². The molecule has 0 aliphatic carbocycles. The molecule has 1 N–H and O–H groups in total. The summed E-state index contributed by atoms with van der Waals surface area (Å²) in [5.74, 6) is 1.56. The van der Waals surface area contributed by atoms with Gasteiger partial charge in [0, 0.05) is 12.0 Å². The number of fused-ring (bicyclic) bond motifs is 1. The molecule has 0 radical (unpaired) electrons. The maximum atomic E-state index is 12.1. The molecule has 1 amide bonds. The van der Waals surface area contributed by atoms with E-state index >= 15 is 0 Å². The predicted molar refractivity (Wildman–Crippen MR) is 71.9 cm³/mol. The SMILES string of the molecule is Cc1cc(NC(=O)c2nn3c(C(C)C)nnc3s2)no1. The number of amides is 1. The maximum Gasteiger partial charge on any atom is 0.287 e. The molecule has 0 saturated carbocycles. The van der Waals surface area contributed by atoms with Crippen molar-refractivity contribution in [1.29, 1.82) is 0 Å². The minimum absolute atomic E-state index is 0.182. The quantitative estimate of drug-likeness (QED) is 0.791. The van der Waals surface area contributed by atoms with E-state index in [2.05, 4.69) is 25.8 Å². The van der Waals surface area contributed by atoms with E-state index in [-0.39, 0.29) is 11.8 Å². The molecule has 20 heavy (non-hydrogen) atoms. The Morgan fingerprint density at radius 1 is 1.45 bits per heavy atom. The van der Waals surface area contributed by atoms with Gasteiger partial charge in [-0.2, -0.15) is 4.52 Å². The molecule has 0 aliphatic heterocycles. The molecule has 8 nitrogen and oxygen atoms in total. The number of nitrogens with zero attached hydrogens (tertiary/aromatic N) is 5. The molecule has 3 rings (SSSR count). The Morgan fingerprint density at radius 3 is 2.90 bits per heavy atom. The first-order valence-corrected chi connectivity index (χ1v) is 6.83. The number of nitrogens with one attached hydrogen (secondary N) is 1. The second-order valence-corrected chi connectivity index (χ2v) is 5.55. The summed E-state index contributed by atoms with van der Waals surface area (Å²) in [6.07, 6.45) is 0. The number of aryl methyl sites for hydroxylation is 1. The number of carbonyl (C=O) groups is 1. The number of aromatic nitrogens is 5. The Kier molecular flexibility index (Phi) is 2.97. The van der Waals surface area contributed by atoms with Crippen LogP contribution in [0.25, 0.3) is 4.96 Å². The molecule has 0 saturated heterocycles. The Bertz CT molecular complexity index is 771. The number of rotatable bonds is 3. The van der Waals surface area contributed by atoms with Crippen molar-refractivity contribution >= 4 is 28.0 Å². The van der Waals surface area contributed by atoms with Crippen LogP contribution in [-0.2, 0) is 0 Å². The lowest BCUT2D eigenvalue weighted by Crippen LogP contribution is -2.12. The molecular weight excluding hydrogens is 280 g/mol. The standard InChI is InChI=1S/C11H12N6O2S/c1-5(2)8-13-14-11-17(8)15-10(20-11)9(18)12-7-4-6(3)19-16-7/h4-5H,1-3H3,(H,12,16,18). The Hall–Kier alpha value is -2.29. The van der Waals surface area contributed by atoms with E-state index in [4.69, 9.17) is 4.52 Å². The smallest absolute Gasteiger partial charge is 0.287 e. The summed E-state index contributed by atoms with van der Waals surface area (Å²) >= 11 is 1.18. The van der Waals surface area contributed by atoms with Crippen molar-refractivity contribution in [3.63, 3.8) is 0 Å². The highest BCUT2D eigenvalue weighted by Gasteiger charge is 2.19. The van der Waals surface area contributed by atoms with Gasteiger partial charge in [0.2, 0.25) is 9.97 Å². The molecule has 3 aromatic rings. The number of anilines is 1. The number of hydrogen-bond acceptors (Lipinski definition) is 7. The molecule has 9 heteroatoms. The summed E-state index contributed by atoms with van der Waals surface area (Å²) in [4.78, 5) is 12.7. The molecule has 0 bridgehead atoms. The average Bonchev–Trinajstić information content (AvgIpc) is 3.03. The van der Waals surface area contributed by atoms with Crippen LogP contribution in [0.4, 0.5) is 5.82 Å². The molecule has 3 aromatic heterocycles. The van der Waals surface area contributed by atoms with Crippen LogP contribution in [0.5, 0.6) is 0 Å². The maximum absolute atomic E-state index is 12.1. The van der Waals surface area contributed by atoms with Crippen molar-refractivity contribution in [3.8, 4) is 0 Å². The van der Waals surface area contributed by atoms with Crippen LogP contribution in [0.3, 0.4) is 0 Å². The molecule has 0 aromatic carbocycles. The second-order valence-electron chi connectivity index (χ2n) is 4.59. The zero-order chi connectivity index (χ0) is 14.3. The van der Waals surface area contributed by atoms with E-state index in [0.717, 1.165) is 5.82 Å². The fraction of sp³-hybridized carbons (Fsp3) is 0.364. The van der Waals surface area contributed by atoms with Crippen molar-refractivity contribution in [1.82, 2.24) is 25.0 Å². The van der Waals surface area contributed by atoms with Gasteiger partial charge in [0.05, 0.1) is 0 Å². The van der Waals surface area contributed by atoms with Gasteiger partial charge >= 0.3 is 0 Å². The summed E-state index contributed by atoms with van der Waals surface area (Å²) in [5, 5.41) is 18.9. The zero-order valence-corrected chi connectivity index (χ0v) is 11.9. The highest BCUT2D eigenvalue weighted by atomic mass is 32.1. The van der Waals surface area contributed by atoms with Gasteiger partial charge in [0.25, 0.3) is 5.91 Å². The molecular formula is C11H12N6O2S. The van der Waals surface area contributed by atoms with Crippen molar-refractivity contribution in [2.75, 3.05) is 5.32 Å². The normalized spacial score (nSPS) is 11.4. The van der Waals surface area contributed by atoms with Gasteiger partial charge in [-0.05, 0) is 6.92 Å². The third kappa shape index (κ3) is 2.16. The van der Waals surface area contributed by atoms with Gasteiger partial charge in [0.15, 0.2) is 11.6 Å². The minimum atomic E-state index is -0.344. The minimum Gasteiger partial charge on any atom is -0.360 e. The fourth-order valence-corrected chi connectivity index (χ4v) is 2.42. The lowest BCUT2D eigenvalue weighted by molar-refractivity contribution is 0.102. The second kappa shape index (κ2) is 4.67. The summed E-state index contributed by atoms with van der Waals surface area (Å²) in [5.41, 5.74) is 0. The van der Waals surface area contributed by atoms with Crippen LogP contribution >= 0.6 is 11.3 Å². The van der Waals surface area contributed by atoms with Crippen molar-refractivity contribution in [3.05, 3.63) is 22.7 Å². The van der Waals surface area contributed by atoms with Crippen molar-refractivity contribution in [2.45, 2.75) is 26.7 Å². The zero-order valence-electron chi connectivity index (χ0n) is 11.1. The first kappa shape index (κ1) is 12.7. The van der Waals surface area contributed by atoms with Gasteiger partial charge in [-0.1, -0.05) is 30.3 Å². The van der Waals surface area contributed by atoms with Crippen LogP contribution in [0.15, 0.2) is 10.6 Å². The Balaban J connectivity index is 1.88. The monoisotopic (exact) mass is 292 g/mol. The molecule has 104 valence electrons. The third-order valence-electron chi connectivity index (χ3n) is 2.60. The van der Waals surface area contributed by atoms with E-state index < -0.39 is 0 Å². The first-order chi connectivity index (χ1) is 9.54. The molecule has 0 atom stereocenters. The molecule has 3 heterocycles. The lowest BCUT2D eigenvalue weighted by atomic mass is 10.2. The Morgan fingerprint density at radius 2 is 2.25 bits per heavy atom. The molecule has 0 spiro atoms. The number of hydrogen-bond donors (Lipinski definition) is 1. The van der Waals surface area contributed by atoms with Gasteiger partial charge in [-0.15, -0.1) is 15.3 Å². The van der Waals surface area contributed by atoms with E-state index in [1.165, 1.54) is 11.3 Å². The summed E-state index contributed by atoms with van der Waals surface area (Å²) in [7, 11) is 0.